The zero-order valence-electron chi connectivity index (χ0n) is 13.0. The second kappa shape index (κ2) is 7.70. The van der Waals surface area contributed by atoms with E-state index >= 15 is 0 Å². The van der Waals surface area contributed by atoms with Crippen molar-refractivity contribution in [2.75, 3.05) is 32.1 Å². The first-order chi connectivity index (χ1) is 10.1. The fraction of sp³-hybridized carbons (Fsp3) is 0.786. The lowest BCUT2D eigenvalue weighted by atomic mass is 10.0. The second-order valence-corrected chi connectivity index (χ2v) is 6.41. The van der Waals surface area contributed by atoms with Crippen molar-refractivity contribution >= 4 is 22.6 Å². The van der Waals surface area contributed by atoms with Crippen LogP contribution in [0.5, 0.6) is 0 Å². The number of ether oxygens (including phenoxy) is 1. The summed E-state index contributed by atoms with van der Waals surface area (Å²) in [4.78, 5) is 18.4. The first-order valence-corrected chi connectivity index (χ1v) is 8.24. The lowest BCUT2D eigenvalue weighted by molar-refractivity contribution is -0.135. The molecule has 1 N–H and O–H groups in total. The highest BCUT2D eigenvalue weighted by Gasteiger charge is 2.24. The largest absolute Gasteiger partial charge is 0.384 e. The molecule has 0 saturated carbocycles. The average molecular weight is 312 g/mol. The Morgan fingerprint density at radius 1 is 1.48 bits per heavy atom. The molecule has 21 heavy (non-hydrogen) atoms. The van der Waals surface area contributed by atoms with Gasteiger partial charge in [-0.3, -0.25) is 4.79 Å². The molecule has 0 bridgehead atoms. The number of aromatic nitrogens is 2. The number of hydrogen-bond acceptors (Lipinski definition) is 6. The summed E-state index contributed by atoms with van der Waals surface area (Å²) in [5, 5.41) is 4.30. The molecule has 1 aliphatic rings. The van der Waals surface area contributed by atoms with Crippen LogP contribution < -0.4 is 5.32 Å². The molecule has 7 heteroatoms. The highest BCUT2D eigenvalue weighted by atomic mass is 32.1. The highest BCUT2D eigenvalue weighted by molar-refractivity contribution is 7.09. The Kier molecular flexibility index (Phi) is 5.93. The van der Waals surface area contributed by atoms with E-state index in [2.05, 4.69) is 14.7 Å². The first kappa shape index (κ1) is 16.2. The molecule has 2 rings (SSSR count). The van der Waals surface area contributed by atoms with Crippen LogP contribution in [0.4, 0.5) is 5.13 Å². The number of nitrogens with zero attached hydrogens (tertiary/aromatic N) is 3. The van der Waals surface area contributed by atoms with Crippen LogP contribution >= 0.6 is 11.5 Å². The third-order valence-corrected chi connectivity index (χ3v) is 4.31. The second-order valence-electron chi connectivity index (χ2n) is 5.66. The predicted octanol–water partition coefficient (Wildman–Crippen LogP) is 1.79. The SMILES string of the molecule is COCCc1nsc(NC2CCN(C(=O)C(C)C)CC2)n1. The van der Waals surface area contributed by atoms with E-state index in [0.717, 1.165) is 43.3 Å². The number of methoxy groups -OCH3 is 1. The third kappa shape index (κ3) is 4.64. The fourth-order valence-corrected chi connectivity index (χ4v) is 3.08. The molecule has 118 valence electrons. The number of anilines is 1. The normalized spacial score (nSPS) is 16.5. The zero-order valence-corrected chi connectivity index (χ0v) is 13.8. The Balaban J connectivity index is 1.78. The Bertz CT molecular complexity index is 456. The molecule has 2 heterocycles. The van der Waals surface area contributed by atoms with Crippen molar-refractivity contribution < 1.29 is 9.53 Å². The van der Waals surface area contributed by atoms with E-state index in [9.17, 15) is 4.79 Å². The Morgan fingerprint density at radius 2 is 2.19 bits per heavy atom. The minimum absolute atomic E-state index is 0.0843. The average Bonchev–Trinajstić information content (AvgIpc) is 2.92. The Morgan fingerprint density at radius 3 is 2.81 bits per heavy atom. The van der Waals surface area contributed by atoms with E-state index in [1.807, 2.05) is 18.7 Å². The molecule has 1 saturated heterocycles. The van der Waals surface area contributed by atoms with Crippen molar-refractivity contribution in [3.05, 3.63) is 5.82 Å². The summed E-state index contributed by atoms with van der Waals surface area (Å²) in [6.45, 7) is 6.20. The maximum absolute atomic E-state index is 11.9. The van der Waals surface area contributed by atoms with Gasteiger partial charge in [-0.2, -0.15) is 4.37 Å². The molecule has 1 aliphatic heterocycles. The van der Waals surface area contributed by atoms with Crippen molar-refractivity contribution in [2.24, 2.45) is 5.92 Å². The number of likely N-dealkylation sites (tertiary alicyclic amines) is 1. The summed E-state index contributed by atoms with van der Waals surface area (Å²) < 4.78 is 9.33. The predicted molar refractivity (Wildman–Crippen MR) is 83.6 cm³/mol. The van der Waals surface area contributed by atoms with Crippen molar-refractivity contribution in [1.29, 1.82) is 0 Å². The molecule has 0 aromatic carbocycles. The Labute approximate surface area is 130 Å². The number of hydrogen-bond donors (Lipinski definition) is 1. The van der Waals surface area contributed by atoms with Gasteiger partial charge in [-0.05, 0) is 12.8 Å². The smallest absolute Gasteiger partial charge is 0.225 e. The quantitative estimate of drug-likeness (QED) is 0.867. The van der Waals surface area contributed by atoms with Crippen LogP contribution in [0.3, 0.4) is 0 Å². The first-order valence-electron chi connectivity index (χ1n) is 7.47. The molecule has 1 aromatic rings. The molecule has 0 spiro atoms. The summed E-state index contributed by atoms with van der Waals surface area (Å²) in [6.07, 6.45) is 2.67. The van der Waals surface area contributed by atoms with Gasteiger partial charge in [-0.25, -0.2) is 4.98 Å². The minimum atomic E-state index is 0.0843. The van der Waals surface area contributed by atoms with E-state index in [0.29, 0.717) is 12.6 Å². The van der Waals surface area contributed by atoms with Crippen LogP contribution in [0.2, 0.25) is 0 Å². The third-order valence-electron chi connectivity index (χ3n) is 3.63. The lowest BCUT2D eigenvalue weighted by Crippen LogP contribution is -2.43. The van der Waals surface area contributed by atoms with Gasteiger partial charge < -0.3 is 15.0 Å². The summed E-state index contributed by atoms with van der Waals surface area (Å²) in [6, 6.07) is 0.379. The fourth-order valence-electron chi connectivity index (χ4n) is 2.39. The maximum atomic E-state index is 11.9. The summed E-state index contributed by atoms with van der Waals surface area (Å²) in [5.74, 6) is 1.17. The van der Waals surface area contributed by atoms with Crippen molar-refractivity contribution in [3.8, 4) is 0 Å². The van der Waals surface area contributed by atoms with Gasteiger partial charge in [0.15, 0.2) is 0 Å². The van der Waals surface area contributed by atoms with E-state index in [1.165, 1.54) is 11.5 Å². The highest BCUT2D eigenvalue weighted by Crippen LogP contribution is 2.19. The van der Waals surface area contributed by atoms with Gasteiger partial charge in [-0.15, -0.1) is 0 Å². The molecule has 1 amide bonds. The molecular formula is C14H24N4O2S. The zero-order chi connectivity index (χ0) is 15.2. The van der Waals surface area contributed by atoms with Crippen molar-refractivity contribution in [2.45, 2.75) is 39.2 Å². The van der Waals surface area contributed by atoms with E-state index in [-0.39, 0.29) is 11.8 Å². The molecule has 1 aromatic heterocycles. The van der Waals surface area contributed by atoms with E-state index < -0.39 is 0 Å². The number of piperidine rings is 1. The molecule has 0 unspecified atom stereocenters. The monoisotopic (exact) mass is 312 g/mol. The molecule has 6 nitrogen and oxygen atoms in total. The van der Waals surface area contributed by atoms with E-state index in [4.69, 9.17) is 4.74 Å². The number of rotatable bonds is 6. The molecule has 0 atom stereocenters. The van der Waals surface area contributed by atoms with Gasteiger partial charge in [0.1, 0.15) is 5.82 Å². The summed E-state index contributed by atoms with van der Waals surface area (Å²) in [7, 11) is 1.68. The van der Waals surface area contributed by atoms with Crippen LogP contribution in [0.1, 0.15) is 32.5 Å². The number of carbonyl (C=O) groups is 1. The molecule has 0 radical (unpaired) electrons. The molecule has 1 fully saturated rings. The van der Waals surface area contributed by atoms with E-state index in [1.54, 1.807) is 7.11 Å². The van der Waals surface area contributed by atoms with Crippen molar-refractivity contribution in [1.82, 2.24) is 14.3 Å². The standard InChI is InChI=1S/C14H24N4O2S/c1-10(2)13(19)18-7-4-11(5-8-18)15-14-16-12(17-21-14)6-9-20-3/h10-11H,4-9H2,1-3H3,(H,15,16,17). The lowest BCUT2D eigenvalue weighted by Gasteiger charge is -2.33. The topological polar surface area (TPSA) is 67.3 Å². The van der Waals surface area contributed by atoms with Crippen LogP contribution in [0.15, 0.2) is 0 Å². The van der Waals surface area contributed by atoms with Gasteiger partial charge in [0.05, 0.1) is 6.61 Å². The number of nitrogens with one attached hydrogen (secondary N) is 1. The summed E-state index contributed by atoms with van der Waals surface area (Å²) >= 11 is 1.40. The number of carbonyl (C=O) groups excluding carboxylic acids is 1. The minimum Gasteiger partial charge on any atom is -0.384 e. The van der Waals surface area contributed by atoms with Crippen LogP contribution in [-0.2, 0) is 16.0 Å². The van der Waals surface area contributed by atoms with Gasteiger partial charge in [0, 0.05) is 50.1 Å². The van der Waals surface area contributed by atoms with Crippen LogP contribution in [0, 0.1) is 5.92 Å². The van der Waals surface area contributed by atoms with Gasteiger partial charge in [0.25, 0.3) is 0 Å². The summed E-state index contributed by atoms with van der Waals surface area (Å²) in [5.41, 5.74) is 0. The van der Waals surface area contributed by atoms with Crippen LogP contribution in [0.25, 0.3) is 0 Å². The van der Waals surface area contributed by atoms with Gasteiger partial charge in [-0.1, -0.05) is 13.8 Å². The number of amides is 1. The maximum Gasteiger partial charge on any atom is 0.225 e. The van der Waals surface area contributed by atoms with Gasteiger partial charge in [0.2, 0.25) is 11.0 Å². The van der Waals surface area contributed by atoms with Gasteiger partial charge >= 0.3 is 0 Å². The Hall–Kier alpha value is -1.21. The van der Waals surface area contributed by atoms with Crippen molar-refractivity contribution in [3.63, 3.8) is 0 Å². The molecular weight excluding hydrogens is 288 g/mol. The van der Waals surface area contributed by atoms with Crippen LogP contribution in [-0.4, -0.2) is 53.0 Å². The molecule has 0 aliphatic carbocycles.